The number of amides is 1. The summed E-state index contributed by atoms with van der Waals surface area (Å²) in [4.78, 5) is 14.3. The lowest BCUT2D eigenvalue weighted by Gasteiger charge is -2.01. The molecule has 0 radical (unpaired) electrons. The third kappa shape index (κ3) is 5.90. The molecule has 0 atom stereocenters. The van der Waals surface area contributed by atoms with E-state index in [1.807, 2.05) is 0 Å². The fourth-order valence-corrected chi connectivity index (χ4v) is 0.327. The summed E-state index contributed by atoms with van der Waals surface area (Å²) < 4.78 is 22.6. The molecule has 0 bridgehead atoms. The Morgan fingerprint density at radius 2 is 2.30 bits per heavy atom. The van der Waals surface area contributed by atoms with Crippen LogP contribution in [0.25, 0.3) is 0 Å². The molecule has 0 heterocycles. The van der Waals surface area contributed by atoms with Crippen LogP contribution in [0.4, 0.5) is 8.78 Å². The van der Waals surface area contributed by atoms with Crippen molar-refractivity contribution in [2.45, 2.75) is 6.43 Å². The molecule has 0 fully saturated rings. The van der Waals surface area contributed by atoms with Crippen LogP contribution in [0, 0.1) is 0 Å². The van der Waals surface area contributed by atoms with Gasteiger partial charge in [0.15, 0.2) is 0 Å². The van der Waals surface area contributed by atoms with Gasteiger partial charge in [-0.3, -0.25) is 9.63 Å². The van der Waals surface area contributed by atoms with Gasteiger partial charge in [-0.2, -0.15) is 0 Å². The van der Waals surface area contributed by atoms with E-state index in [-0.39, 0.29) is 5.33 Å². The van der Waals surface area contributed by atoms with E-state index in [9.17, 15) is 13.6 Å². The molecule has 0 rings (SSSR count). The van der Waals surface area contributed by atoms with E-state index in [0.29, 0.717) is 0 Å². The molecule has 6 heteroatoms. The minimum absolute atomic E-state index is 0.0379. The smallest absolute Gasteiger partial charge is 0.264 e. The molecule has 0 aromatic carbocycles. The fraction of sp³-hybridized carbons (Fsp3) is 0.750. The summed E-state index contributed by atoms with van der Waals surface area (Å²) in [5.41, 5.74) is 1.80. The summed E-state index contributed by atoms with van der Waals surface area (Å²) in [5, 5.41) is 0.0379. The summed E-state index contributed by atoms with van der Waals surface area (Å²) >= 11 is 2.80. The number of hydroxylamine groups is 1. The normalized spacial score (nSPS) is 10.0. The second-order valence-electron chi connectivity index (χ2n) is 1.36. The summed E-state index contributed by atoms with van der Waals surface area (Å²) in [7, 11) is 0. The quantitative estimate of drug-likeness (QED) is 0.557. The van der Waals surface area contributed by atoms with Crippen molar-refractivity contribution in [3.05, 3.63) is 0 Å². The number of alkyl halides is 3. The van der Waals surface area contributed by atoms with E-state index >= 15 is 0 Å². The number of halogens is 3. The van der Waals surface area contributed by atoms with Crippen molar-refractivity contribution in [3.8, 4) is 0 Å². The average Bonchev–Trinajstić information content (AvgIpc) is 1.87. The van der Waals surface area contributed by atoms with Crippen molar-refractivity contribution in [1.29, 1.82) is 0 Å². The third-order valence-electron chi connectivity index (χ3n) is 0.517. The molecule has 60 valence electrons. The first-order valence-corrected chi connectivity index (χ1v) is 3.53. The largest absolute Gasteiger partial charge is 0.272 e. The lowest BCUT2D eigenvalue weighted by atomic mass is 10.7. The maximum absolute atomic E-state index is 11.3. The number of nitrogens with one attached hydrogen (secondary N) is 1. The molecule has 0 spiro atoms. The van der Waals surface area contributed by atoms with Crippen LogP contribution in [-0.2, 0) is 9.63 Å². The van der Waals surface area contributed by atoms with Crippen molar-refractivity contribution in [3.63, 3.8) is 0 Å². The second kappa shape index (κ2) is 5.55. The average molecular weight is 218 g/mol. The Kier molecular flexibility index (Phi) is 5.42. The van der Waals surface area contributed by atoms with Gasteiger partial charge >= 0.3 is 0 Å². The van der Waals surface area contributed by atoms with Gasteiger partial charge < -0.3 is 0 Å². The molecule has 0 unspecified atom stereocenters. The van der Waals surface area contributed by atoms with Crippen molar-refractivity contribution < 1.29 is 18.4 Å². The highest BCUT2D eigenvalue weighted by atomic mass is 79.9. The zero-order valence-corrected chi connectivity index (χ0v) is 6.53. The molecule has 10 heavy (non-hydrogen) atoms. The van der Waals surface area contributed by atoms with E-state index in [2.05, 4.69) is 20.8 Å². The van der Waals surface area contributed by atoms with Gasteiger partial charge in [0.2, 0.25) is 0 Å². The predicted octanol–water partition coefficient (Wildman–Crippen LogP) is 0.694. The van der Waals surface area contributed by atoms with Crippen molar-refractivity contribution in [2.75, 3.05) is 11.9 Å². The maximum Gasteiger partial charge on any atom is 0.264 e. The molecule has 0 aliphatic carbocycles. The molecule has 0 saturated heterocycles. The van der Waals surface area contributed by atoms with Crippen molar-refractivity contribution in [1.82, 2.24) is 5.48 Å². The molecule has 0 saturated carbocycles. The lowest BCUT2D eigenvalue weighted by molar-refractivity contribution is -0.133. The Hall–Kier alpha value is -0.230. The van der Waals surface area contributed by atoms with Crippen molar-refractivity contribution >= 4 is 21.8 Å². The maximum atomic E-state index is 11.3. The molecule has 1 amide bonds. The van der Waals surface area contributed by atoms with Gasteiger partial charge in [-0.1, -0.05) is 15.9 Å². The molecule has 1 N–H and O–H groups in total. The van der Waals surface area contributed by atoms with Gasteiger partial charge in [0.1, 0.15) is 6.61 Å². The van der Waals surface area contributed by atoms with Crippen molar-refractivity contribution in [2.24, 2.45) is 0 Å². The van der Waals surface area contributed by atoms with Gasteiger partial charge in [-0.05, 0) is 0 Å². The van der Waals surface area contributed by atoms with Crippen LogP contribution >= 0.6 is 15.9 Å². The molecule has 3 nitrogen and oxygen atoms in total. The lowest BCUT2D eigenvalue weighted by Crippen LogP contribution is -2.26. The van der Waals surface area contributed by atoms with Crippen LogP contribution in [0.2, 0.25) is 0 Å². The Morgan fingerprint density at radius 1 is 1.70 bits per heavy atom. The second-order valence-corrected chi connectivity index (χ2v) is 1.92. The number of hydrogen-bond donors (Lipinski definition) is 1. The van der Waals surface area contributed by atoms with Gasteiger partial charge in [-0.15, -0.1) is 0 Å². The monoisotopic (exact) mass is 217 g/mol. The molecule has 0 aromatic rings. The molecule has 0 aliphatic rings. The number of carbonyl (C=O) groups excluding carboxylic acids is 1. The zero-order chi connectivity index (χ0) is 7.98. The van der Waals surface area contributed by atoms with E-state index in [1.165, 1.54) is 0 Å². The Labute approximate surface area is 64.8 Å². The van der Waals surface area contributed by atoms with E-state index < -0.39 is 18.9 Å². The van der Waals surface area contributed by atoms with E-state index in [1.54, 1.807) is 5.48 Å². The van der Waals surface area contributed by atoms with Gasteiger partial charge in [0, 0.05) is 0 Å². The molecule has 0 aliphatic heterocycles. The predicted molar refractivity (Wildman–Crippen MR) is 33.9 cm³/mol. The first-order valence-electron chi connectivity index (χ1n) is 2.41. The van der Waals surface area contributed by atoms with Crippen LogP contribution < -0.4 is 5.48 Å². The molecule has 0 aromatic heterocycles. The summed E-state index contributed by atoms with van der Waals surface area (Å²) in [5.74, 6) is -0.486. The van der Waals surface area contributed by atoms with Crippen LogP contribution in [-0.4, -0.2) is 24.3 Å². The first-order chi connectivity index (χ1) is 4.66. The van der Waals surface area contributed by atoms with E-state index in [4.69, 9.17) is 0 Å². The minimum Gasteiger partial charge on any atom is -0.272 e. The highest BCUT2D eigenvalue weighted by Crippen LogP contribution is 1.90. The number of hydrogen-bond acceptors (Lipinski definition) is 2. The van der Waals surface area contributed by atoms with E-state index in [0.717, 1.165) is 0 Å². The highest BCUT2D eigenvalue weighted by Gasteiger charge is 2.03. The van der Waals surface area contributed by atoms with Crippen LogP contribution in [0.5, 0.6) is 0 Å². The number of carbonyl (C=O) groups is 1. The summed E-state index contributed by atoms with van der Waals surface area (Å²) in [6.07, 6.45) is -2.56. The summed E-state index contributed by atoms with van der Waals surface area (Å²) in [6.45, 7) is -0.779. The highest BCUT2D eigenvalue weighted by molar-refractivity contribution is 9.09. The topological polar surface area (TPSA) is 38.3 Å². The zero-order valence-electron chi connectivity index (χ0n) is 4.94. The van der Waals surface area contributed by atoms with Gasteiger partial charge in [-0.25, -0.2) is 14.3 Å². The van der Waals surface area contributed by atoms with Gasteiger partial charge in [0.25, 0.3) is 12.3 Å². The standard InChI is InChI=1S/C4H6BrF2NO2/c5-1-4(9)8-10-2-3(6)7/h3H,1-2H2,(H,8,9). The fourth-order valence-electron chi connectivity index (χ4n) is 0.212. The number of rotatable bonds is 4. The molecular weight excluding hydrogens is 212 g/mol. The Morgan fingerprint density at radius 3 is 2.70 bits per heavy atom. The Bertz CT molecular complexity index is 111. The molecular formula is C4H6BrF2NO2. The van der Waals surface area contributed by atoms with Crippen LogP contribution in [0.15, 0.2) is 0 Å². The minimum atomic E-state index is -2.56. The third-order valence-corrected chi connectivity index (χ3v) is 1.03. The van der Waals surface area contributed by atoms with Crippen LogP contribution in [0.3, 0.4) is 0 Å². The Balaban J connectivity index is 3.12. The van der Waals surface area contributed by atoms with Gasteiger partial charge in [0.05, 0.1) is 5.33 Å². The summed E-state index contributed by atoms with van der Waals surface area (Å²) in [6, 6.07) is 0. The van der Waals surface area contributed by atoms with Crippen LogP contribution in [0.1, 0.15) is 0 Å². The SMILES string of the molecule is O=C(CBr)NOCC(F)F. The first kappa shape index (κ1) is 9.77.